The third kappa shape index (κ3) is 3.70. The highest BCUT2D eigenvalue weighted by atomic mass is 32.2. The molecule has 0 aliphatic carbocycles. The molecule has 0 amide bonds. The van der Waals surface area contributed by atoms with Crippen molar-refractivity contribution in [2.45, 2.75) is 0 Å². The van der Waals surface area contributed by atoms with Gasteiger partial charge in [0.2, 0.25) is 10.0 Å². The van der Waals surface area contributed by atoms with Gasteiger partial charge < -0.3 is 5.32 Å². The van der Waals surface area contributed by atoms with Crippen LogP contribution in [0.1, 0.15) is 0 Å². The van der Waals surface area contributed by atoms with Crippen molar-refractivity contribution in [1.82, 2.24) is 0 Å². The Labute approximate surface area is 90.3 Å². The third-order valence-electron chi connectivity index (χ3n) is 1.70. The zero-order chi connectivity index (χ0) is 12.3. The van der Waals surface area contributed by atoms with Crippen LogP contribution in [-0.4, -0.2) is 20.7 Å². The van der Waals surface area contributed by atoms with E-state index in [1.807, 2.05) is 0 Å². The highest BCUT2D eigenvalue weighted by Gasteiger charge is 2.11. The van der Waals surface area contributed by atoms with E-state index < -0.39 is 38.9 Å². The molecule has 0 atom stereocenters. The number of nitrogens with one attached hydrogen (secondary N) is 1. The van der Waals surface area contributed by atoms with E-state index >= 15 is 0 Å². The fraction of sp³-hybridized carbons (Fsp3) is 0.250. The molecule has 8 heteroatoms. The molecule has 0 bridgehead atoms. The summed E-state index contributed by atoms with van der Waals surface area (Å²) in [6, 6.07) is 0.977. The quantitative estimate of drug-likeness (QED) is 0.835. The summed E-state index contributed by atoms with van der Waals surface area (Å²) in [4.78, 5) is 0. The standard InChI is InChI=1S/C8H9F3N2O2S/c9-5-3-6(10)8(7(11)4-5)13-1-2-16(12,14)15/h3-4,13H,1-2H2,(H2,12,14,15). The van der Waals surface area contributed by atoms with Gasteiger partial charge in [0.1, 0.15) is 11.5 Å². The van der Waals surface area contributed by atoms with E-state index in [4.69, 9.17) is 0 Å². The molecule has 0 fully saturated rings. The smallest absolute Gasteiger partial charge is 0.210 e. The van der Waals surface area contributed by atoms with Crippen LogP contribution in [0.4, 0.5) is 18.9 Å². The number of primary sulfonamides is 1. The van der Waals surface area contributed by atoms with Gasteiger partial charge in [-0.05, 0) is 0 Å². The van der Waals surface area contributed by atoms with Crippen LogP contribution in [0.3, 0.4) is 0 Å². The highest BCUT2D eigenvalue weighted by molar-refractivity contribution is 7.89. The minimum absolute atomic E-state index is 0.266. The Bertz CT molecular complexity index is 467. The fourth-order valence-electron chi connectivity index (χ4n) is 1.03. The van der Waals surface area contributed by atoms with Crippen LogP contribution in [0.25, 0.3) is 0 Å². The Morgan fingerprint density at radius 2 is 1.69 bits per heavy atom. The van der Waals surface area contributed by atoms with Crippen molar-refractivity contribution in [2.75, 3.05) is 17.6 Å². The Hall–Kier alpha value is -1.28. The van der Waals surface area contributed by atoms with Gasteiger partial charge in [-0.3, -0.25) is 0 Å². The molecule has 0 radical (unpaired) electrons. The summed E-state index contributed by atoms with van der Waals surface area (Å²) < 4.78 is 59.6. The van der Waals surface area contributed by atoms with Gasteiger partial charge in [0.25, 0.3) is 0 Å². The average molecular weight is 254 g/mol. The molecule has 0 saturated heterocycles. The summed E-state index contributed by atoms with van der Waals surface area (Å²) >= 11 is 0. The van der Waals surface area contributed by atoms with Crippen LogP contribution < -0.4 is 10.5 Å². The van der Waals surface area contributed by atoms with Crippen molar-refractivity contribution in [1.29, 1.82) is 0 Å². The molecule has 0 aliphatic rings. The molecule has 0 heterocycles. The van der Waals surface area contributed by atoms with Gasteiger partial charge in [-0.15, -0.1) is 0 Å². The van der Waals surface area contributed by atoms with E-state index in [-0.39, 0.29) is 6.54 Å². The Balaban J connectivity index is 2.75. The van der Waals surface area contributed by atoms with E-state index in [0.717, 1.165) is 0 Å². The van der Waals surface area contributed by atoms with E-state index in [1.165, 1.54) is 0 Å². The topological polar surface area (TPSA) is 72.2 Å². The minimum atomic E-state index is -3.71. The molecule has 90 valence electrons. The van der Waals surface area contributed by atoms with Crippen molar-refractivity contribution >= 4 is 15.7 Å². The summed E-state index contributed by atoms with van der Waals surface area (Å²) in [5.41, 5.74) is -0.579. The van der Waals surface area contributed by atoms with Gasteiger partial charge in [-0.25, -0.2) is 26.7 Å². The van der Waals surface area contributed by atoms with Gasteiger partial charge in [-0.2, -0.15) is 0 Å². The molecule has 1 aromatic carbocycles. The number of halogens is 3. The SMILES string of the molecule is NS(=O)(=O)CCNc1c(F)cc(F)cc1F. The molecule has 0 unspecified atom stereocenters. The van der Waals surface area contributed by atoms with Crippen molar-refractivity contribution in [3.8, 4) is 0 Å². The van der Waals surface area contributed by atoms with E-state index in [1.54, 1.807) is 0 Å². The number of hydrogen-bond donors (Lipinski definition) is 2. The third-order valence-corrected chi connectivity index (χ3v) is 2.47. The summed E-state index contributed by atoms with van der Waals surface area (Å²) in [7, 11) is -3.71. The molecule has 0 aromatic heterocycles. The Morgan fingerprint density at radius 3 is 2.12 bits per heavy atom. The minimum Gasteiger partial charge on any atom is -0.379 e. The van der Waals surface area contributed by atoms with Gasteiger partial charge in [-0.1, -0.05) is 0 Å². The molecule has 0 spiro atoms. The molecular formula is C8H9F3N2O2S. The monoisotopic (exact) mass is 254 g/mol. The van der Waals surface area contributed by atoms with Crippen LogP contribution in [0.5, 0.6) is 0 Å². The molecule has 0 aliphatic heterocycles. The maximum atomic E-state index is 13.0. The molecule has 1 aromatic rings. The second-order valence-corrected chi connectivity index (χ2v) is 4.77. The number of sulfonamides is 1. The number of rotatable bonds is 4. The summed E-state index contributed by atoms with van der Waals surface area (Å²) in [6.45, 7) is -0.266. The fourth-order valence-corrected chi connectivity index (χ4v) is 1.42. The second kappa shape index (κ2) is 4.71. The number of anilines is 1. The van der Waals surface area contributed by atoms with Crippen LogP contribution in [0.2, 0.25) is 0 Å². The lowest BCUT2D eigenvalue weighted by Crippen LogP contribution is -2.23. The van der Waals surface area contributed by atoms with Gasteiger partial charge in [0.15, 0.2) is 11.6 Å². The second-order valence-electron chi connectivity index (χ2n) is 3.04. The molecule has 1 rings (SSSR count). The number of hydrogen-bond acceptors (Lipinski definition) is 3. The molecule has 3 N–H and O–H groups in total. The van der Waals surface area contributed by atoms with E-state index in [2.05, 4.69) is 10.5 Å². The van der Waals surface area contributed by atoms with Crippen LogP contribution in [-0.2, 0) is 10.0 Å². The zero-order valence-corrected chi connectivity index (χ0v) is 8.82. The molecule has 16 heavy (non-hydrogen) atoms. The van der Waals surface area contributed by atoms with E-state index in [9.17, 15) is 21.6 Å². The Kier molecular flexibility index (Phi) is 3.76. The predicted octanol–water partition coefficient (Wildman–Crippen LogP) is 0.804. The maximum Gasteiger partial charge on any atom is 0.210 e. The van der Waals surface area contributed by atoms with E-state index in [0.29, 0.717) is 12.1 Å². The van der Waals surface area contributed by atoms with Gasteiger partial charge in [0, 0.05) is 18.7 Å². The largest absolute Gasteiger partial charge is 0.379 e. The van der Waals surface area contributed by atoms with Gasteiger partial charge >= 0.3 is 0 Å². The first-order valence-electron chi connectivity index (χ1n) is 4.18. The highest BCUT2D eigenvalue weighted by Crippen LogP contribution is 2.19. The van der Waals surface area contributed by atoms with Crippen LogP contribution in [0, 0.1) is 17.5 Å². The predicted molar refractivity (Wildman–Crippen MR) is 52.8 cm³/mol. The first-order chi connectivity index (χ1) is 7.29. The van der Waals surface area contributed by atoms with Crippen molar-refractivity contribution in [3.63, 3.8) is 0 Å². The van der Waals surface area contributed by atoms with Crippen molar-refractivity contribution in [3.05, 3.63) is 29.6 Å². The number of benzene rings is 1. The Morgan fingerprint density at radius 1 is 1.19 bits per heavy atom. The lowest BCUT2D eigenvalue weighted by atomic mass is 10.3. The maximum absolute atomic E-state index is 13.0. The van der Waals surface area contributed by atoms with Gasteiger partial charge in [0.05, 0.1) is 5.75 Å². The van der Waals surface area contributed by atoms with Crippen LogP contribution in [0.15, 0.2) is 12.1 Å². The molecule has 0 saturated carbocycles. The summed E-state index contributed by atoms with van der Waals surface area (Å²) in [5, 5.41) is 6.87. The van der Waals surface area contributed by atoms with Crippen molar-refractivity contribution < 1.29 is 21.6 Å². The zero-order valence-electron chi connectivity index (χ0n) is 8.00. The lowest BCUT2D eigenvalue weighted by Gasteiger charge is -2.07. The number of nitrogens with two attached hydrogens (primary N) is 1. The first kappa shape index (κ1) is 12.8. The molecule has 4 nitrogen and oxygen atoms in total. The lowest BCUT2D eigenvalue weighted by molar-refractivity contribution is 0.547. The summed E-state index contributed by atoms with van der Waals surface area (Å²) in [6.07, 6.45) is 0. The molecular weight excluding hydrogens is 245 g/mol. The van der Waals surface area contributed by atoms with Crippen molar-refractivity contribution in [2.24, 2.45) is 5.14 Å². The average Bonchev–Trinajstić information content (AvgIpc) is 2.07. The summed E-state index contributed by atoms with van der Waals surface area (Å²) in [5.74, 6) is -3.80. The normalized spacial score (nSPS) is 11.5. The van der Waals surface area contributed by atoms with Crippen LogP contribution >= 0.6 is 0 Å². The first-order valence-corrected chi connectivity index (χ1v) is 5.90.